The lowest BCUT2D eigenvalue weighted by atomic mass is 10.2. The number of amides is 1. The standard InChI is InChI=1S/C11H13N3O5/c15-8-3-4-9(16)14(12-8)6-10(17)13-5-1-2-7(13)11(18)19/h3-4,7H,1-2,5-6H2,(H,12,15)(H,18,19)/t7-/m0/s1. The monoisotopic (exact) mass is 267 g/mol. The molecule has 1 aromatic heterocycles. The van der Waals surface area contributed by atoms with Crippen molar-refractivity contribution < 1.29 is 14.7 Å². The first kappa shape index (κ1) is 13.1. The van der Waals surface area contributed by atoms with Gasteiger partial charge in [0.05, 0.1) is 0 Å². The van der Waals surface area contributed by atoms with Crippen LogP contribution >= 0.6 is 0 Å². The van der Waals surface area contributed by atoms with E-state index in [-0.39, 0.29) is 6.54 Å². The molecule has 8 heteroatoms. The summed E-state index contributed by atoms with van der Waals surface area (Å²) < 4.78 is 0.877. The molecule has 1 aliphatic rings. The Hall–Kier alpha value is -2.38. The Balaban J connectivity index is 2.17. The average Bonchev–Trinajstić information content (AvgIpc) is 2.83. The highest BCUT2D eigenvalue weighted by atomic mass is 16.4. The van der Waals surface area contributed by atoms with Crippen LogP contribution in [-0.2, 0) is 16.1 Å². The number of hydrogen-bond acceptors (Lipinski definition) is 4. The Kier molecular flexibility index (Phi) is 3.50. The third-order valence-corrected chi connectivity index (χ3v) is 3.04. The number of aromatic nitrogens is 2. The molecular formula is C11H13N3O5. The molecule has 19 heavy (non-hydrogen) atoms. The van der Waals surface area contributed by atoms with E-state index in [1.807, 2.05) is 0 Å². The van der Waals surface area contributed by atoms with Gasteiger partial charge in [-0.15, -0.1) is 0 Å². The lowest BCUT2D eigenvalue weighted by Crippen LogP contribution is -2.44. The fraction of sp³-hybridized carbons (Fsp3) is 0.455. The van der Waals surface area contributed by atoms with Gasteiger partial charge in [0.15, 0.2) is 0 Å². The van der Waals surface area contributed by atoms with Crippen molar-refractivity contribution in [1.29, 1.82) is 0 Å². The summed E-state index contributed by atoms with van der Waals surface area (Å²) in [5.74, 6) is -1.55. The fourth-order valence-electron chi connectivity index (χ4n) is 2.13. The van der Waals surface area contributed by atoms with E-state index < -0.39 is 29.0 Å². The number of nitrogens with zero attached hydrogens (tertiary/aromatic N) is 2. The Bertz CT molecular complexity index is 617. The zero-order valence-electron chi connectivity index (χ0n) is 10.0. The van der Waals surface area contributed by atoms with Gasteiger partial charge in [0.2, 0.25) is 5.91 Å². The molecule has 8 nitrogen and oxygen atoms in total. The summed E-state index contributed by atoms with van der Waals surface area (Å²) in [6.07, 6.45) is 1.02. The van der Waals surface area contributed by atoms with Gasteiger partial charge in [0.25, 0.3) is 11.1 Å². The number of H-pyrrole nitrogens is 1. The predicted molar refractivity (Wildman–Crippen MR) is 63.7 cm³/mol. The van der Waals surface area contributed by atoms with Gasteiger partial charge in [-0.25, -0.2) is 9.48 Å². The van der Waals surface area contributed by atoms with E-state index in [0.29, 0.717) is 19.4 Å². The Morgan fingerprint density at radius 2 is 2.11 bits per heavy atom. The number of aromatic amines is 1. The lowest BCUT2D eigenvalue weighted by Gasteiger charge is -2.21. The molecule has 102 valence electrons. The minimum Gasteiger partial charge on any atom is -0.480 e. The van der Waals surface area contributed by atoms with Gasteiger partial charge >= 0.3 is 5.97 Å². The van der Waals surface area contributed by atoms with Crippen molar-refractivity contribution in [2.45, 2.75) is 25.4 Å². The van der Waals surface area contributed by atoms with Crippen molar-refractivity contribution in [3.05, 3.63) is 32.8 Å². The maximum atomic E-state index is 12.0. The summed E-state index contributed by atoms with van der Waals surface area (Å²) >= 11 is 0. The normalized spacial score (nSPS) is 18.5. The van der Waals surface area contributed by atoms with Gasteiger partial charge in [0, 0.05) is 18.7 Å². The molecule has 1 atom stereocenters. The molecule has 1 fully saturated rings. The summed E-state index contributed by atoms with van der Waals surface area (Å²) in [7, 11) is 0. The minimum atomic E-state index is -1.06. The summed E-state index contributed by atoms with van der Waals surface area (Å²) in [5, 5.41) is 11.2. The van der Waals surface area contributed by atoms with E-state index in [4.69, 9.17) is 5.11 Å². The minimum absolute atomic E-state index is 0.349. The first-order valence-electron chi connectivity index (χ1n) is 5.81. The Labute approximate surface area is 107 Å². The molecule has 1 saturated heterocycles. The molecule has 1 amide bonds. The van der Waals surface area contributed by atoms with E-state index in [9.17, 15) is 19.2 Å². The first-order valence-corrected chi connectivity index (χ1v) is 5.81. The molecule has 2 rings (SSSR count). The van der Waals surface area contributed by atoms with Crippen LogP contribution in [0.25, 0.3) is 0 Å². The summed E-state index contributed by atoms with van der Waals surface area (Å²) in [5.41, 5.74) is -1.01. The number of carbonyl (C=O) groups excluding carboxylic acids is 1. The SMILES string of the molecule is O=C(O)[C@@H]1CCCN1C(=O)Cn1[nH]c(=O)ccc1=O. The second kappa shape index (κ2) is 5.09. The fourth-order valence-corrected chi connectivity index (χ4v) is 2.13. The summed E-state index contributed by atoms with van der Waals surface area (Å²) in [4.78, 5) is 46.7. The largest absolute Gasteiger partial charge is 0.480 e. The molecule has 1 aliphatic heterocycles. The molecule has 2 N–H and O–H groups in total. The number of rotatable bonds is 3. The van der Waals surface area contributed by atoms with E-state index in [1.54, 1.807) is 0 Å². The predicted octanol–water partition coefficient (Wildman–Crippen LogP) is -1.39. The number of carbonyl (C=O) groups is 2. The smallest absolute Gasteiger partial charge is 0.326 e. The Morgan fingerprint density at radius 3 is 2.79 bits per heavy atom. The van der Waals surface area contributed by atoms with Crippen LogP contribution in [0.5, 0.6) is 0 Å². The van der Waals surface area contributed by atoms with Crippen LogP contribution < -0.4 is 11.1 Å². The van der Waals surface area contributed by atoms with Gasteiger partial charge in [-0.1, -0.05) is 0 Å². The number of hydrogen-bond donors (Lipinski definition) is 2. The van der Waals surface area contributed by atoms with Crippen LogP contribution in [0.2, 0.25) is 0 Å². The molecule has 0 aliphatic carbocycles. The van der Waals surface area contributed by atoms with E-state index >= 15 is 0 Å². The number of carboxylic acids is 1. The van der Waals surface area contributed by atoms with Crippen molar-refractivity contribution in [2.24, 2.45) is 0 Å². The average molecular weight is 267 g/mol. The van der Waals surface area contributed by atoms with Crippen LogP contribution in [0.4, 0.5) is 0 Å². The van der Waals surface area contributed by atoms with Gasteiger partial charge < -0.3 is 10.0 Å². The number of carboxylic acid groups (broad SMARTS) is 1. The topological polar surface area (TPSA) is 112 Å². The lowest BCUT2D eigenvalue weighted by molar-refractivity contribution is -0.148. The third kappa shape index (κ3) is 2.72. The molecule has 2 heterocycles. The number of aliphatic carboxylic acids is 1. The van der Waals surface area contributed by atoms with E-state index in [1.165, 1.54) is 4.90 Å². The molecule has 0 saturated carbocycles. The van der Waals surface area contributed by atoms with Crippen LogP contribution in [-0.4, -0.2) is 44.3 Å². The molecule has 1 aromatic rings. The van der Waals surface area contributed by atoms with Gasteiger partial charge in [-0.3, -0.25) is 19.5 Å². The van der Waals surface area contributed by atoms with Crippen molar-refractivity contribution in [3.8, 4) is 0 Å². The highest BCUT2D eigenvalue weighted by Crippen LogP contribution is 2.17. The molecular weight excluding hydrogens is 254 g/mol. The third-order valence-electron chi connectivity index (χ3n) is 3.04. The van der Waals surface area contributed by atoms with Crippen molar-refractivity contribution in [3.63, 3.8) is 0 Å². The van der Waals surface area contributed by atoms with Crippen LogP contribution in [0.1, 0.15) is 12.8 Å². The number of nitrogens with one attached hydrogen (secondary N) is 1. The molecule has 0 unspecified atom stereocenters. The van der Waals surface area contributed by atoms with Crippen molar-refractivity contribution >= 4 is 11.9 Å². The maximum absolute atomic E-state index is 12.0. The highest BCUT2D eigenvalue weighted by Gasteiger charge is 2.33. The van der Waals surface area contributed by atoms with E-state index in [2.05, 4.69) is 5.10 Å². The molecule has 0 bridgehead atoms. The van der Waals surface area contributed by atoms with Gasteiger partial charge in [-0.05, 0) is 12.8 Å². The van der Waals surface area contributed by atoms with Crippen LogP contribution in [0, 0.1) is 0 Å². The quantitative estimate of drug-likeness (QED) is 0.700. The number of likely N-dealkylation sites (tertiary alicyclic amines) is 1. The Morgan fingerprint density at radius 1 is 1.37 bits per heavy atom. The molecule has 0 aromatic carbocycles. The molecule has 0 spiro atoms. The van der Waals surface area contributed by atoms with Crippen LogP contribution in [0.3, 0.4) is 0 Å². The van der Waals surface area contributed by atoms with Crippen LogP contribution in [0.15, 0.2) is 21.7 Å². The maximum Gasteiger partial charge on any atom is 0.326 e. The zero-order valence-corrected chi connectivity index (χ0v) is 10.0. The highest BCUT2D eigenvalue weighted by molar-refractivity contribution is 5.84. The first-order chi connectivity index (χ1) is 8.99. The molecule has 0 radical (unpaired) electrons. The summed E-state index contributed by atoms with van der Waals surface area (Å²) in [6, 6.07) is 1.28. The van der Waals surface area contributed by atoms with Crippen molar-refractivity contribution in [2.75, 3.05) is 6.54 Å². The second-order valence-electron chi connectivity index (χ2n) is 4.32. The van der Waals surface area contributed by atoms with Gasteiger partial charge in [-0.2, -0.15) is 0 Å². The summed E-state index contributed by atoms with van der Waals surface area (Å²) in [6.45, 7) is -0.0136. The second-order valence-corrected chi connectivity index (χ2v) is 4.32. The van der Waals surface area contributed by atoms with Crippen molar-refractivity contribution in [1.82, 2.24) is 14.7 Å². The van der Waals surface area contributed by atoms with Gasteiger partial charge in [0.1, 0.15) is 12.6 Å². The van der Waals surface area contributed by atoms with E-state index in [0.717, 1.165) is 16.8 Å². The zero-order chi connectivity index (χ0) is 14.0.